The van der Waals surface area contributed by atoms with Crippen molar-refractivity contribution >= 4 is 11.8 Å². The third-order valence-electron chi connectivity index (χ3n) is 5.40. The van der Waals surface area contributed by atoms with Gasteiger partial charge in [0, 0.05) is 31.6 Å². The summed E-state index contributed by atoms with van der Waals surface area (Å²) in [4.78, 5) is 27.1. The summed E-state index contributed by atoms with van der Waals surface area (Å²) >= 11 is 0. The fraction of sp³-hybridized carbons (Fsp3) is 0.600. The second kappa shape index (κ2) is 8.16. The topological polar surface area (TPSA) is 93.3 Å². The maximum absolute atomic E-state index is 12.7. The quantitative estimate of drug-likeness (QED) is 0.851. The number of nitrogens with zero attached hydrogens (tertiary/aromatic N) is 4. The molecule has 28 heavy (non-hydrogen) atoms. The second-order valence-corrected chi connectivity index (χ2v) is 7.85. The Labute approximate surface area is 165 Å². The Morgan fingerprint density at radius 3 is 2.71 bits per heavy atom. The van der Waals surface area contributed by atoms with Crippen molar-refractivity contribution in [2.45, 2.75) is 65.5 Å². The predicted octanol–water partition coefficient (Wildman–Crippen LogP) is 2.46. The standard InChI is InChI=1S/C20H29N5O3/c1-12(2)17-10-18(24(5)22-17)20(27)21-15-6-7-19(26)25(9-8-15)11-16-13(3)23-28-14(16)4/h10,12,15H,6-9,11H2,1-5H3,(H,21,27). The highest BCUT2D eigenvalue weighted by Gasteiger charge is 2.26. The first-order chi connectivity index (χ1) is 13.3. The summed E-state index contributed by atoms with van der Waals surface area (Å²) in [7, 11) is 1.78. The molecule has 0 saturated carbocycles. The van der Waals surface area contributed by atoms with Gasteiger partial charge in [-0.25, -0.2) is 0 Å². The molecular formula is C20H29N5O3. The van der Waals surface area contributed by atoms with Crippen molar-refractivity contribution in [3.05, 3.63) is 34.5 Å². The van der Waals surface area contributed by atoms with Gasteiger partial charge in [0.05, 0.1) is 17.9 Å². The first kappa shape index (κ1) is 20.1. The Balaban J connectivity index is 1.63. The maximum atomic E-state index is 12.7. The normalized spacial score (nSPS) is 17.9. The molecule has 8 nitrogen and oxygen atoms in total. The van der Waals surface area contributed by atoms with Crippen LogP contribution < -0.4 is 5.32 Å². The third kappa shape index (κ3) is 4.26. The van der Waals surface area contributed by atoms with Gasteiger partial charge in [0.1, 0.15) is 11.5 Å². The molecule has 2 aromatic heterocycles. The lowest BCUT2D eigenvalue weighted by Gasteiger charge is -2.21. The molecule has 0 radical (unpaired) electrons. The molecule has 0 aromatic carbocycles. The van der Waals surface area contributed by atoms with E-state index in [0.717, 1.165) is 29.1 Å². The first-order valence-electron chi connectivity index (χ1n) is 9.80. The van der Waals surface area contributed by atoms with Crippen LogP contribution in [0.5, 0.6) is 0 Å². The number of aromatic nitrogens is 3. The van der Waals surface area contributed by atoms with Gasteiger partial charge in [0.2, 0.25) is 5.91 Å². The summed E-state index contributed by atoms with van der Waals surface area (Å²) in [6.45, 7) is 8.94. The minimum Gasteiger partial charge on any atom is -0.361 e. The van der Waals surface area contributed by atoms with E-state index in [1.807, 2.05) is 24.8 Å². The van der Waals surface area contributed by atoms with E-state index in [1.54, 1.807) is 11.7 Å². The van der Waals surface area contributed by atoms with Crippen molar-refractivity contribution in [3.8, 4) is 0 Å². The van der Waals surface area contributed by atoms with E-state index >= 15 is 0 Å². The van der Waals surface area contributed by atoms with Gasteiger partial charge in [-0.05, 0) is 38.7 Å². The summed E-state index contributed by atoms with van der Waals surface area (Å²) in [6, 6.07) is 1.80. The Kier molecular flexibility index (Phi) is 5.86. The largest absolute Gasteiger partial charge is 0.361 e. The summed E-state index contributed by atoms with van der Waals surface area (Å²) in [5, 5.41) is 11.4. The summed E-state index contributed by atoms with van der Waals surface area (Å²) in [6.07, 6.45) is 1.77. The van der Waals surface area contributed by atoms with Crippen LogP contribution in [0.4, 0.5) is 0 Å². The molecule has 2 aromatic rings. The van der Waals surface area contributed by atoms with Crippen molar-refractivity contribution in [1.82, 2.24) is 25.2 Å². The molecule has 0 bridgehead atoms. The lowest BCUT2D eigenvalue weighted by molar-refractivity contribution is -0.131. The smallest absolute Gasteiger partial charge is 0.269 e. The average molecular weight is 387 g/mol. The Bertz CT molecular complexity index is 848. The summed E-state index contributed by atoms with van der Waals surface area (Å²) in [5.74, 6) is 0.968. The molecule has 0 aliphatic carbocycles. The number of amides is 2. The number of rotatable bonds is 5. The minimum absolute atomic E-state index is 0.0384. The molecule has 1 saturated heterocycles. The molecule has 1 aliphatic rings. The zero-order chi connectivity index (χ0) is 20.4. The monoisotopic (exact) mass is 387 g/mol. The number of carbonyl (C=O) groups excluding carboxylic acids is 2. The number of carbonyl (C=O) groups is 2. The van der Waals surface area contributed by atoms with Crippen LogP contribution in [0, 0.1) is 13.8 Å². The van der Waals surface area contributed by atoms with Crippen LogP contribution in [0.15, 0.2) is 10.6 Å². The molecule has 1 atom stereocenters. The highest BCUT2D eigenvalue weighted by atomic mass is 16.5. The van der Waals surface area contributed by atoms with Gasteiger partial charge in [0.15, 0.2) is 0 Å². The second-order valence-electron chi connectivity index (χ2n) is 7.85. The lowest BCUT2D eigenvalue weighted by atomic mass is 10.1. The molecule has 3 heterocycles. The number of hydrogen-bond acceptors (Lipinski definition) is 5. The van der Waals surface area contributed by atoms with E-state index in [0.29, 0.717) is 31.6 Å². The fourth-order valence-electron chi connectivity index (χ4n) is 3.51. The van der Waals surface area contributed by atoms with Gasteiger partial charge >= 0.3 is 0 Å². The molecule has 0 spiro atoms. The number of hydrogen-bond donors (Lipinski definition) is 1. The number of aryl methyl sites for hydroxylation is 3. The zero-order valence-corrected chi connectivity index (χ0v) is 17.3. The summed E-state index contributed by atoms with van der Waals surface area (Å²) in [5.41, 5.74) is 3.23. The molecule has 1 unspecified atom stereocenters. The highest BCUT2D eigenvalue weighted by molar-refractivity contribution is 5.93. The predicted molar refractivity (Wildman–Crippen MR) is 104 cm³/mol. The first-order valence-corrected chi connectivity index (χ1v) is 9.80. The van der Waals surface area contributed by atoms with Gasteiger partial charge in [0.25, 0.3) is 5.91 Å². The third-order valence-corrected chi connectivity index (χ3v) is 5.40. The molecule has 8 heteroatoms. The zero-order valence-electron chi connectivity index (χ0n) is 17.3. The van der Waals surface area contributed by atoms with Gasteiger partial charge < -0.3 is 14.7 Å². The maximum Gasteiger partial charge on any atom is 0.269 e. The lowest BCUT2D eigenvalue weighted by Crippen LogP contribution is -2.36. The molecule has 2 amide bonds. The highest BCUT2D eigenvalue weighted by Crippen LogP contribution is 2.20. The van der Waals surface area contributed by atoms with Gasteiger partial charge in [-0.15, -0.1) is 0 Å². The van der Waals surface area contributed by atoms with Crippen molar-refractivity contribution in [1.29, 1.82) is 0 Å². The minimum atomic E-state index is -0.140. The van der Waals surface area contributed by atoms with Crippen LogP contribution in [0.3, 0.4) is 0 Å². The molecule has 1 N–H and O–H groups in total. The van der Waals surface area contributed by atoms with E-state index in [9.17, 15) is 9.59 Å². The van der Waals surface area contributed by atoms with Crippen molar-refractivity contribution in [3.63, 3.8) is 0 Å². The Morgan fingerprint density at radius 2 is 2.11 bits per heavy atom. The Morgan fingerprint density at radius 1 is 1.36 bits per heavy atom. The molecule has 3 rings (SSSR count). The molecule has 1 fully saturated rings. The van der Waals surface area contributed by atoms with Gasteiger partial charge in [-0.1, -0.05) is 19.0 Å². The van der Waals surface area contributed by atoms with Gasteiger partial charge in [-0.2, -0.15) is 5.10 Å². The molecular weight excluding hydrogens is 358 g/mol. The van der Waals surface area contributed by atoms with Crippen LogP contribution in [-0.2, 0) is 18.4 Å². The van der Waals surface area contributed by atoms with E-state index in [1.165, 1.54) is 0 Å². The summed E-state index contributed by atoms with van der Waals surface area (Å²) < 4.78 is 6.82. The van der Waals surface area contributed by atoms with Crippen LogP contribution in [0.25, 0.3) is 0 Å². The van der Waals surface area contributed by atoms with Gasteiger partial charge in [-0.3, -0.25) is 14.3 Å². The van der Waals surface area contributed by atoms with E-state index in [-0.39, 0.29) is 23.8 Å². The number of nitrogens with one attached hydrogen (secondary N) is 1. The van der Waals surface area contributed by atoms with Crippen molar-refractivity contribution < 1.29 is 14.1 Å². The molecule has 152 valence electrons. The van der Waals surface area contributed by atoms with Crippen molar-refractivity contribution in [2.75, 3.05) is 6.54 Å². The number of likely N-dealkylation sites (tertiary alicyclic amines) is 1. The van der Waals surface area contributed by atoms with E-state index < -0.39 is 0 Å². The average Bonchev–Trinajstić information content (AvgIpc) is 3.13. The van der Waals surface area contributed by atoms with Crippen LogP contribution in [0.2, 0.25) is 0 Å². The van der Waals surface area contributed by atoms with E-state index in [4.69, 9.17) is 4.52 Å². The van der Waals surface area contributed by atoms with Crippen molar-refractivity contribution in [2.24, 2.45) is 7.05 Å². The van der Waals surface area contributed by atoms with Crippen LogP contribution in [0.1, 0.15) is 72.2 Å². The molecule has 1 aliphatic heterocycles. The van der Waals surface area contributed by atoms with Crippen LogP contribution in [-0.4, -0.2) is 44.2 Å². The fourth-order valence-corrected chi connectivity index (χ4v) is 3.51. The van der Waals surface area contributed by atoms with Crippen LogP contribution >= 0.6 is 0 Å². The SMILES string of the molecule is Cc1noc(C)c1CN1CCC(NC(=O)c2cc(C(C)C)nn2C)CCC1=O. The van der Waals surface area contributed by atoms with E-state index in [2.05, 4.69) is 29.4 Å². The Hall–Kier alpha value is -2.64.